The third kappa shape index (κ3) is 3.05. The molecule has 1 aliphatic heterocycles. The van der Waals surface area contributed by atoms with Gasteiger partial charge in [0.05, 0.1) is 18.3 Å². The average molecular weight is 367 g/mol. The average Bonchev–Trinajstić information content (AvgIpc) is 3.23. The van der Waals surface area contributed by atoms with Crippen LogP contribution in [0.2, 0.25) is 0 Å². The van der Waals surface area contributed by atoms with Crippen molar-refractivity contribution in [2.24, 2.45) is 0 Å². The zero-order valence-corrected chi connectivity index (χ0v) is 16.1. The van der Waals surface area contributed by atoms with E-state index in [1.54, 1.807) is 7.11 Å². The Morgan fingerprint density at radius 2 is 1.89 bits per heavy atom. The maximum atomic E-state index is 13.1. The quantitative estimate of drug-likeness (QED) is 0.708. The molecular weight excluding hydrogens is 342 g/mol. The first kappa shape index (κ1) is 17.5. The number of methoxy groups -OCH3 is 1. The maximum Gasteiger partial charge on any atom is 0.270 e. The van der Waals surface area contributed by atoms with E-state index in [4.69, 9.17) is 9.15 Å². The van der Waals surface area contributed by atoms with Crippen LogP contribution in [-0.4, -0.2) is 48.7 Å². The molecule has 3 heterocycles. The van der Waals surface area contributed by atoms with Crippen LogP contribution in [-0.2, 0) is 6.54 Å². The lowest BCUT2D eigenvalue weighted by Crippen LogP contribution is -2.49. The van der Waals surface area contributed by atoms with Crippen LogP contribution in [0.25, 0.3) is 11.1 Å². The molecule has 1 fully saturated rings. The molecule has 0 atom stereocenters. The van der Waals surface area contributed by atoms with E-state index in [-0.39, 0.29) is 5.91 Å². The number of fused-ring (bicyclic) bond motifs is 1. The molecule has 0 aliphatic carbocycles. The molecule has 4 rings (SSSR count). The number of aryl methyl sites for hydroxylation is 2. The minimum Gasteiger partial charge on any atom is -0.495 e. The predicted octanol–water partition coefficient (Wildman–Crippen LogP) is 3.53. The summed E-state index contributed by atoms with van der Waals surface area (Å²) < 4.78 is 13.2. The summed E-state index contributed by atoms with van der Waals surface area (Å²) in [6, 6.07) is 11.9. The first-order valence-electron chi connectivity index (χ1n) is 9.39. The van der Waals surface area contributed by atoms with E-state index >= 15 is 0 Å². The molecular formula is C21H25N3O3. The lowest BCUT2D eigenvalue weighted by atomic mass is 10.2. The van der Waals surface area contributed by atoms with Crippen LogP contribution in [0.3, 0.4) is 0 Å². The Labute approximate surface area is 158 Å². The van der Waals surface area contributed by atoms with Gasteiger partial charge in [-0.15, -0.1) is 0 Å². The SMILES string of the molecule is CCn1c(C(=O)N2CCN(c3ccccc3OC)CC2)cc2oc(C)cc21. The number of amides is 1. The molecule has 0 unspecified atom stereocenters. The van der Waals surface area contributed by atoms with Gasteiger partial charge >= 0.3 is 0 Å². The van der Waals surface area contributed by atoms with Crippen LogP contribution < -0.4 is 9.64 Å². The fraction of sp³-hybridized carbons (Fsp3) is 0.381. The standard InChI is InChI=1S/C21H25N3O3/c1-4-24-17-13-15(2)27-20(17)14-18(24)21(25)23-11-9-22(10-12-23)16-7-5-6-8-19(16)26-3/h5-8,13-14H,4,9-12H2,1-3H3. The Bertz CT molecular complexity index is 964. The summed E-state index contributed by atoms with van der Waals surface area (Å²) in [5.74, 6) is 1.81. The van der Waals surface area contributed by atoms with Gasteiger partial charge in [-0.25, -0.2) is 0 Å². The van der Waals surface area contributed by atoms with Crippen LogP contribution in [0.15, 0.2) is 40.8 Å². The number of piperazine rings is 1. The Balaban J connectivity index is 1.51. The van der Waals surface area contributed by atoms with Gasteiger partial charge in [0, 0.05) is 44.9 Å². The van der Waals surface area contributed by atoms with Crippen molar-refractivity contribution in [3.8, 4) is 5.75 Å². The van der Waals surface area contributed by atoms with Crippen LogP contribution in [0, 0.1) is 6.92 Å². The van der Waals surface area contributed by atoms with Gasteiger partial charge in [-0.05, 0) is 26.0 Å². The van der Waals surface area contributed by atoms with E-state index in [1.807, 2.05) is 46.7 Å². The molecule has 6 heteroatoms. The Morgan fingerprint density at radius 3 is 2.59 bits per heavy atom. The predicted molar refractivity (Wildman–Crippen MR) is 106 cm³/mol. The minimum absolute atomic E-state index is 0.0700. The van der Waals surface area contributed by atoms with Gasteiger partial charge in [-0.3, -0.25) is 4.79 Å². The molecule has 1 amide bonds. The van der Waals surface area contributed by atoms with E-state index in [0.717, 1.165) is 47.9 Å². The highest BCUT2D eigenvalue weighted by Gasteiger charge is 2.26. The molecule has 6 nitrogen and oxygen atoms in total. The molecule has 0 radical (unpaired) electrons. The molecule has 0 N–H and O–H groups in total. The summed E-state index contributed by atoms with van der Waals surface area (Å²) in [5, 5.41) is 0. The number of nitrogens with zero attached hydrogens (tertiary/aromatic N) is 3. The molecule has 1 aliphatic rings. The summed E-state index contributed by atoms with van der Waals surface area (Å²) in [4.78, 5) is 17.3. The zero-order chi connectivity index (χ0) is 19.0. The highest BCUT2D eigenvalue weighted by molar-refractivity contribution is 5.97. The van der Waals surface area contributed by atoms with Gasteiger partial charge in [-0.2, -0.15) is 0 Å². The van der Waals surface area contributed by atoms with Crippen molar-refractivity contribution in [2.75, 3.05) is 38.2 Å². The topological polar surface area (TPSA) is 50.9 Å². The Morgan fingerprint density at radius 1 is 1.15 bits per heavy atom. The lowest BCUT2D eigenvalue weighted by Gasteiger charge is -2.36. The third-order valence-corrected chi connectivity index (χ3v) is 5.24. The highest BCUT2D eigenvalue weighted by atomic mass is 16.5. The van der Waals surface area contributed by atoms with Crippen LogP contribution >= 0.6 is 0 Å². The largest absolute Gasteiger partial charge is 0.495 e. The second-order valence-corrected chi connectivity index (χ2v) is 6.83. The summed E-state index contributed by atoms with van der Waals surface area (Å²) in [6.45, 7) is 7.67. The summed E-state index contributed by atoms with van der Waals surface area (Å²) >= 11 is 0. The molecule has 3 aromatic rings. The zero-order valence-electron chi connectivity index (χ0n) is 16.1. The van der Waals surface area contributed by atoms with Gasteiger partial charge in [0.15, 0.2) is 5.58 Å². The fourth-order valence-electron chi connectivity index (χ4n) is 3.89. The first-order valence-corrected chi connectivity index (χ1v) is 9.39. The van der Waals surface area contributed by atoms with Gasteiger partial charge in [-0.1, -0.05) is 12.1 Å². The molecule has 142 valence electrons. The van der Waals surface area contributed by atoms with Crippen LogP contribution in [0.1, 0.15) is 23.2 Å². The fourth-order valence-corrected chi connectivity index (χ4v) is 3.89. The lowest BCUT2D eigenvalue weighted by molar-refractivity contribution is 0.0736. The Hall–Kier alpha value is -2.89. The number of ether oxygens (including phenoxy) is 1. The second kappa shape index (κ2) is 7.02. The van der Waals surface area contributed by atoms with Gasteiger partial charge in [0.2, 0.25) is 0 Å². The molecule has 27 heavy (non-hydrogen) atoms. The van der Waals surface area contributed by atoms with Crippen LogP contribution in [0.4, 0.5) is 5.69 Å². The molecule has 1 aromatic carbocycles. The van der Waals surface area contributed by atoms with Gasteiger partial charge in [0.1, 0.15) is 17.2 Å². The maximum absolute atomic E-state index is 13.1. The molecule has 0 saturated carbocycles. The third-order valence-electron chi connectivity index (χ3n) is 5.24. The number of furan rings is 1. The normalized spacial score (nSPS) is 14.8. The first-order chi connectivity index (χ1) is 13.1. The van der Waals surface area contributed by atoms with Crippen molar-refractivity contribution in [3.05, 3.63) is 47.9 Å². The molecule has 0 bridgehead atoms. The van der Waals surface area contributed by atoms with Gasteiger partial charge < -0.3 is 23.5 Å². The molecule has 1 saturated heterocycles. The Kier molecular flexibility index (Phi) is 4.56. The van der Waals surface area contributed by atoms with Crippen molar-refractivity contribution in [1.29, 1.82) is 0 Å². The number of hydrogen-bond donors (Lipinski definition) is 0. The molecule has 0 spiro atoms. The van der Waals surface area contributed by atoms with E-state index in [2.05, 4.69) is 17.9 Å². The van der Waals surface area contributed by atoms with E-state index in [9.17, 15) is 4.79 Å². The summed E-state index contributed by atoms with van der Waals surface area (Å²) in [7, 11) is 1.69. The van der Waals surface area contributed by atoms with Crippen molar-refractivity contribution < 1.29 is 13.9 Å². The number of carbonyl (C=O) groups excluding carboxylic acids is 1. The van der Waals surface area contributed by atoms with E-state index < -0.39 is 0 Å². The summed E-state index contributed by atoms with van der Waals surface area (Å²) in [5.41, 5.74) is 3.56. The number of carbonyl (C=O) groups is 1. The smallest absolute Gasteiger partial charge is 0.270 e. The summed E-state index contributed by atoms with van der Waals surface area (Å²) in [6.07, 6.45) is 0. The van der Waals surface area contributed by atoms with E-state index in [0.29, 0.717) is 18.8 Å². The number of aromatic nitrogens is 1. The van der Waals surface area contributed by atoms with Crippen LogP contribution in [0.5, 0.6) is 5.75 Å². The number of rotatable bonds is 4. The number of benzene rings is 1. The highest BCUT2D eigenvalue weighted by Crippen LogP contribution is 2.29. The van der Waals surface area contributed by atoms with E-state index in [1.165, 1.54) is 0 Å². The number of anilines is 1. The minimum atomic E-state index is 0.0700. The second-order valence-electron chi connectivity index (χ2n) is 6.83. The van der Waals surface area contributed by atoms with Crippen molar-refractivity contribution >= 4 is 22.7 Å². The van der Waals surface area contributed by atoms with Gasteiger partial charge in [0.25, 0.3) is 5.91 Å². The number of para-hydroxylation sites is 2. The van der Waals surface area contributed by atoms with Crippen molar-refractivity contribution in [3.63, 3.8) is 0 Å². The monoisotopic (exact) mass is 367 g/mol. The van der Waals surface area contributed by atoms with Crippen molar-refractivity contribution in [2.45, 2.75) is 20.4 Å². The number of hydrogen-bond acceptors (Lipinski definition) is 4. The molecule has 2 aromatic heterocycles. The van der Waals surface area contributed by atoms with Crippen molar-refractivity contribution in [1.82, 2.24) is 9.47 Å².